The minimum absolute atomic E-state index is 0.168. The number of carbonyl (C=O) groups is 1. The van der Waals surface area contributed by atoms with E-state index in [4.69, 9.17) is 26.3 Å². The van der Waals surface area contributed by atoms with E-state index in [0.717, 1.165) is 18.5 Å². The molecule has 0 saturated heterocycles. The number of nitriles is 1. The molecule has 1 aromatic carbocycles. The highest BCUT2D eigenvalue weighted by Gasteiger charge is 2.13. The van der Waals surface area contributed by atoms with E-state index in [0.29, 0.717) is 29.7 Å². The van der Waals surface area contributed by atoms with Crippen LogP contribution in [0.2, 0.25) is 5.02 Å². The van der Waals surface area contributed by atoms with Gasteiger partial charge >= 0.3 is 0 Å². The Morgan fingerprint density at radius 1 is 1.38 bits per heavy atom. The number of rotatable bonds is 10. The second-order valence-corrected chi connectivity index (χ2v) is 5.86. The number of carbonyl (C=O) groups excluding carboxylic acids is 1. The maximum Gasteiger partial charge on any atom is 0.234 e. The van der Waals surface area contributed by atoms with E-state index >= 15 is 0 Å². The molecule has 0 aromatic heterocycles. The van der Waals surface area contributed by atoms with E-state index in [9.17, 15) is 4.79 Å². The highest BCUT2D eigenvalue weighted by atomic mass is 35.5. The molecular formula is C17H24ClN3O3. The summed E-state index contributed by atoms with van der Waals surface area (Å²) in [5.74, 6) is 0.749. The summed E-state index contributed by atoms with van der Waals surface area (Å²) in [7, 11) is 4.02. The maximum atomic E-state index is 11.4. The Hall–Kier alpha value is -1.97. The van der Waals surface area contributed by atoms with Crippen molar-refractivity contribution in [3.63, 3.8) is 0 Å². The van der Waals surface area contributed by atoms with Crippen LogP contribution in [0.1, 0.15) is 25.3 Å². The van der Waals surface area contributed by atoms with Crippen LogP contribution in [0.15, 0.2) is 12.1 Å². The molecule has 1 aromatic rings. The van der Waals surface area contributed by atoms with Gasteiger partial charge in [0.1, 0.15) is 6.42 Å². The summed E-state index contributed by atoms with van der Waals surface area (Å²) >= 11 is 6.31. The van der Waals surface area contributed by atoms with Crippen LogP contribution in [0.3, 0.4) is 0 Å². The van der Waals surface area contributed by atoms with Crippen molar-refractivity contribution in [3.8, 4) is 17.6 Å². The summed E-state index contributed by atoms with van der Waals surface area (Å²) in [6.07, 6.45) is 0.708. The molecule has 0 heterocycles. The van der Waals surface area contributed by atoms with E-state index in [1.807, 2.05) is 21.0 Å². The third-order valence-electron chi connectivity index (χ3n) is 3.09. The largest absolute Gasteiger partial charge is 0.490 e. The number of hydrogen-bond acceptors (Lipinski definition) is 5. The lowest BCUT2D eigenvalue weighted by molar-refractivity contribution is -0.120. The number of halogens is 1. The van der Waals surface area contributed by atoms with Crippen LogP contribution in [0.25, 0.3) is 0 Å². The van der Waals surface area contributed by atoms with Crippen molar-refractivity contribution in [2.24, 2.45) is 0 Å². The van der Waals surface area contributed by atoms with E-state index in [1.165, 1.54) is 0 Å². The second-order valence-electron chi connectivity index (χ2n) is 5.45. The van der Waals surface area contributed by atoms with Crippen LogP contribution in [0, 0.1) is 11.3 Å². The van der Waals surface area contributed by atoms with Crippen LogP contribution in [-0.2, 0) is 11.3 Å². The number of ether oxygens (including phenoxy) is 2. The second kappa shape index (κ2) is 10.7. The van der Waals surface area contributed by atoms with Crippen LogP contribution < -0.4 is 14.8 Å². The molecule has 0 bridgehead atoms. The van der Waals surface area contributed by atoms with Crippen molar-refractivity contribution >= 4 is 17.5 Å². The van der Waals surface area contributed by atoms with Crippen LogP contribution >= 0.6 is 11.6 Å². The van der Waals surface area contributed by atoms with Gasteiger partial charge in [-0.2, -0.15) is 5.26 Å². The summed E-state index contributed by atoms with van der Waals surface area (Å²) in [6.45, 7) is 4.10. The Kier molecular flexibility index (Phi) is 8.98. The fourth-order valence-electron chi connectivity index (χ4n) is 2.02. The van der Waals surface area contributed by atoms with Crippen molar-refractivity contribution < 1.29 is 14.3 Å². The van der Waals surface area contributed by atoms with Gasteiger partial charge in [0, 0.05) is 13.1 Å². The van der Waals surface area contributed by atoms with Gasteiger partial charge in [-0.05, 0) is 45.1 Å². The van der Waals surface area contributed by atoms with Crippen molar-refractivity contribution in [1.29, 1.82) is 5.26 Å². The van der Waals surface area contributed by atoms with Crippen molar-refractivity contribution in [2.75, 3.05) is 33.9 Å². The van der Waals surface area contributed by atoms with Crippen molar-refractivity contribution in [2.45, 2.75) is 26.3 Å². The van der Waals surface area contributed by atoms with Gasteiger partial charge in [0.05, 0.1) is 24.3 Å². The van der Waals surface area contributed by atoms with Gasteiger partial charge in [-0.25, -0.2) is 0 Å². The smallest absolute Gasteiger partial charge is 0.234 e. The first-order chi connectivity index (χ1) is 11.5. The Morgan fingerprint density at radius 3 is 2.75 bits per heavy atom. The molecule has 1 rings (SSSR count). The van der Waals surface area contributed by atoms with Gasteiger partial charge < -0.3 is 19.7 Å². The molecule has 24 heavy (non-hydrogen) atoms. The zero-order valence-electron chi connectivity index (χ0n) is 14.4. The number of nitrogens with zero attached hydrogens (tertiary/aromatic N) is 2. The number of amides is 1. The first kappa shape index (κ1) is 20.1. The third-order valence-corrected chi connectivity index (χ3v) is 3.38. The normalized spacial score (nSPS) is 10.3. The van der Waals surface area contributed by atoms with Crippen LogP contribution in [0.5, 0.6) is 11.5 Å². The average molecular weight is 354 g/mol. The minimum Gasteiger partial charge on any atom is -0.490 e. The summed E-state index contributed by atoms with van der Waals surface area (Å²) < 4.78 is 11.4. The molecule has 132 valence electrons. The summed E-state index contributed by atoms with van der Waals surface area (Å²) in [5, 5.41) is 11.6. The van der Waals surface area contributed by atoms with E-state index < -0.39 is 0 Å². The molecule has 0 unspecified atom stereocenters. The number of benzene rings is 1. The van der Waals surface area contributed by atoms with Crippen LogP contribution in [0.4, 0.5) is 0 Å². The fourth-order valence-corrected chi connectivity index (χ4v) is 2.30. The third kappa shape index (κ3) is 7.07. The SMILES string of the molecule is CCOc1cc(CNC(=O)CC#N)cc(Cl)c1OCCCN(C)C. The Bertz CT molecular complexity index is 585. The Balaban J connectivity index is 2.77. The molecule has 6 nitrogen and oxygen atoms in total. The van der Waals surface area contributed by atoms with Crippen molar-refractivity contribution in [1.82, 2.24) is 10.2 Å². The van der Waals surface area contributed by atoms with E-state index in [2.05, 4.69) is 10.2 Å². The minimum atomic E-state index is -0.324. The van der Waals surface area contributed by atoms with Gasteiger partial charge in [-0.3, -0.25) is 4.79 Å². The maximum absolute atomic E-state index is 11.4. The molecule has 0 aliphatic heterocycles. The molecule has 0 spiro atoms. The standard InChI is InChI=1S/C17H24ClN3O3/c1-4-23-15-11-13(12-20-16(22)6-7-19)10-14(18)17(15)24-9-5-8-21(2)3/h10-11H,4-6,8-9,12H2,1-3H3,(H,20,22). The molecule has 0 atom stereocenters. The summed E-state index contributed by atoms with van der Waals surface area (Å²) in [6, 6.07) is 5.34. The molecule has 1 amide bonds. The zero-order chi connectivity index (χ0) is 17.9. The monoisotopic (exact) mass is 353 g/mol. The Morgan fingerprint density at radius 2 is 2.12 bits per heavy atom. The quantitative estimate of drug-likeness (QED) is 0.654. The topological polar surface area (TPSA) is 74.6 Å². The highest BCUT2D eigenvalue weighted by molar-refractivity contribution is 6.32. The molecule has 0 aliphatic carbocycles. The molecule has 7 heteroatoms. The van der Waals surface area contributed by atoms with Gasteiger partial charge in [0.15, 0.2) is 11.5 Å². The lowest BCUT2D eigenvalue weighted by Gasteiger charge is -2.16. The lowest BCUT2D eigenvalue weighted by Crippen LogP contribution is -2.21. The summed E-state index contributed by atoms with van der Waals surface area (Å²) in [5.41, 5.74) is 0.787. The number of hydrogen-bond donors (Lipinski definition) is 1. The van der Waals surface area contributed by atoms with E-state index in [-0.39, 0.29) is 18.9 Å². The average Bonchev–Trinajstić information content (AvgIpc) is 2.51. The molecule has 1 N–H and O–H groups in total. The molecular weight excluding hydrogens is 330 g/mol. The fraction of sp³-hybridized carbons (Fsp3) is 0.529. The molecule has 0 saturated carbocycles. The molecule has 0 fully saturated rings. The van der Waals surface area contributed by atoms with E-state index in [1.54, 1.807) is 18.2 Å². The van der Waals surface area contributed by atoms with Gasteiger partial charge in [0.25, 0.3) is 0 Å². The van der Waals surface area contributed by atoms with Gasteiger partial charge in [-0.1, -0.05) is 11.6 Å². The predicted octanol–water partition coefficient (Wildman–Crippen LogP) is 2.60. The van der Waals surface area contributed by atoms with Crippen LogP contribution in [-0.4, -0.2) is 44.7 Å². The predicted molar refractivity (Wildman–Crippen MR) is 93.4 cm³/mol. The molecule has 0 aliphatic rings. The lowest BCUT2D eigenvalue weighted by atomic mass is 10.2. The van der Waals surface area contributed by atoms with Gasteiger partial charge in [0.2, 0.25) is 5.91 Å². The first-order valence-electron chi connectivity index (χ1n) is 7.84. The van der Waals surface area contributed by atoms with Crippen molar-refractivity contribution in [3.05, 3.63) is 22.7 Å². The summed E-state index contributed by atoms with van der Waals surface area (Å²) in [4.78, 5) is 13.5. The number of nitrogens with one attached hydrogen (secondary N) is 1. The van der Waals surface area contributed by atoms with Gasteiger partial charge in [-0.15, -0.1) is 0 Å². The molecule has 0 radical (unpaired) electrons. The first-order valence-corrected chi connectivity index (χ1v) is 8.22. The highest BCUT2D eigenvalue weighted by Crippen LogP contribution is 2.36. The Labute approximate surface area is 148 Å². The zero-order valence-corrected chi connectivity index (χ0v) is 15.2.